The summed E-state index contributed by atoms with van der Waals surface area (Å²) in [5.41, 5.74) is 0.902. The highest BCUT2D eigenvalue weighted by atomic mass is 16.6. The number of nitro groups is 1. The van der Waals surface area contributed by atoms with E-state index < -0.39 is 4.92 Å². The van der Waals surface area contributed by atoms with Gasteiger partial charge in [0.25, 0.3) is 0 Å². The Balaban J connectivity index is 1.56. The number of pyridine rings is 1. The first kappa shape index (κ1) is 14.4. The van der Waals surface area contributed by atoms with Crippen molar-refractivity contribution >= 4 is 11.5 Å². The van der Waals surface area contributed by atoms with Gasteiger partial charge in [0.2, 0.25) is 5.89 Å². The van der Waals surface area contributed by atoms with Gasteiger partial charge in [-0.1, -0.05) is 5.16 Å². The lowest BCUT2D eigenvalue weighted by Gasteiger charge is -2.34. The molecule has 116 valence electrons. The summed E-state index contributed by atoms with van der Waals surface area (Å²) < 4.78 is 5.12. The molecule has 2 aromatic rings. The lowest BCUT2D eigenvalue weighted by atomic mass is 10.2. The minimum absolute atomic E-state index is 0.130. The quantitative estimate of drug-likeness (QED) is 0.609. The maximum atomic E-state index is 10.6. The summed E-state index contributed by atoms with van der Waals surface area (Å²) in [5, 5.41) is 14.4. The van der Waals surface area contributed by atoms with E-state index >= 15 is 0 Å². The van der Waals surface area contributed by atoms with Crippen molar-refractivity contribution in [3.63, 3.8) is 0 Å². The average molecular weight is 304 g/mol. The van der Waals surface area contributed by atoms with E-state index in [1.807, 2.05) is 0 Å². The molecule has 0 N–H and O–H groups in total. The van der Waals surface area contributed by atoms with Crippen molar-refractivity contribution in [2.75, 3.05) is 31.1 Å². The molecule has 3 heterocycles. The van der Waals surface area contributed by atoms with Crippen molar-refractivity contribution < 1.29 is 9.45 Å². The van der Waals surface area contributed by atoms with Crippen LogP contribution in [0.1, 0.15) is 11.7 Å². The molecule has 1 aliphatic rings. The Morgan fingerprint density at radius 3 is 2.64 bits per heavy atom. The van der Waals surface area contributed by atoms with Crippen LogP contribution in [0, 0.1) is 17.0 Å². The highest BCUT2D eigenvalue weighted by molar-refractivity contribution is 5.46. The van der Waals surface area contributed by atoms with Crippen LogP contribution in [0.2, 0.25) is 0 Å². The summed E-state index contributed by atoms with van der Waals surface area (Å²) in [6, 6.07) is 3.17. The van der Waals surface area contributed by atoms with Crippen LogP contribution in [0.3, 0.4) is 0 Å². The second kappa shape index (κ2) is 6.06. The van der Waals surface area contributed by atoms with Crippen molar-refractivity contribution in [3.05, 3.63) is 40.2 Å². The molecule has 0 spiro atoms. The summed E-state index contributed by atoms with van der Waals surface area (Å²) >= 11 is 0. The zero-order chi connectivity index (χ0) is 15.5. The molecule has 9 nitrogen and oxygen atoms in total. The molecule has 0 radical (unpaired) electrons. The topological polar surface area (TPSA) is 101 Å². The lowest BCUT2D eigenvalue weighted by Crippen LogP contribution is -2.46. The number of aromatic nitrogens is 3. The van der Waals surface area contributed by atoms with Crippen LogP contribution < -0.4 is 4.90 Å². The Bertz CT molecular complexity index is 648. The van der Waals surface area contributed by atoms with Gasteiger partial charge in [-0.05, 0) is 22.9 Å². The Kier molecular flexibility index (Phi) is 3.96. The van der Waals surface area contributed by atoms with E-state index in [9.17, 15) is 10.1 Å². The fourth-order valence-electron chi connectivity index (χ4n) is 2.43. The van der Waals surface area contributed by atoms with Crippen LogP contribution in [0.15, 0.2) is 22.9 Å². The Hall–Kier alpha value is -2.55. The zero-order valence-corrected chi connectivity index (χ0v) is 12.2. The minimum atomic E-state index is -0.492. The molecule has 0 aliphatic carbocycles. The van der Waals surface area contributed by atoms with Crippen molar-refractivity contribution in [1.29, 1.82) is 0 Å². The van der Waals surface area contributed by atoms with E-state index in [1.54, 1.807) is 19.2 Å². The van der Waals surface area contributed by atoms with Crippen molar-refractivity contribution in [2.24, 2.45) is 0 Å². The average Bonchev–Trinajstić information content (AvgIpc) is 2.93. The molecule has 0 saturated carbocycles. The molecule has 0 aromatic carbocycles. The maximum Gasteiger partial charge on any atom is 0.363 e. The van der Waals surface area contributed by atoms with Crippen LogP contribution in [-0.4, -0.2) is 51.1 Å². The van der Waals surface area contributed by atoms with Gasteiger partial charge in [-0.15, -0.1) is 0 Å². The van der Waals surface area contributed by atoms with Gasteiger partial charge >= 0.3 is 5.82 Å². The van der Waals surface area contributed by atoms with E-state index in [2.05, 4.69) is 24.9 Å². The molecule has 1 fully saturated rings. The standard InChI is InChI=1S/C13H16N6O3/c1-10-15-13(22-16-10)9-17-4-6-18(7-5-17)11-2-3-12(14-8-11)19(20)21/h2-3,8H,4-7,9H2,1H3. The number of hydrogen-bond acceptors (Lipinski definition) is 8. The van der Waals surface area contributed by atoms with E-state index in [1.165, 1.54) is 6.07 Å². The number of hydrogen-bond donors (Lipinski definition) is 0. The molecule has 22 heavy (non-hydrogen) atoms. The van der Waals surface area contributed by atoms with Gasteiger partial charge in [0, 0.05) is 32.2 Å². The molecule has 2 aromatic heterocycles. The molecule has 0 amide bonds. The van der Waals surface area contributed by atoms with Crippen LogP contribution in [0.25, 0.3) is 0 Å². The molecule has 0 atom stereocenters. The fraction of sp³-hybridized carbons (Fsp3) is 0.462. The van der Waals surface area contributed by atoms with Gasteiger partial charge in [0.1, 0.15) is 0 Å². The molecule has 1 aliphatic heterocycles. The largest absolute Gasteiger partial charge is 0.366 e. The molecule has 9 heteroatoms. The number of rotatable bonds is 4. The zero-order valence-electron chi connectivity index (χ0n) is 12.2. The lowest BCUT2D eigenvalue weighted by molar-refractivity contribution is -0.389. The van der Waals surface area contributed by atoms with Crippen LogP contribution in [0.4, 0.5) is 11.5 Å². The third-order valence-electron chi connectivity index (χ3n) is 3.59. The maximum absolute atomic E-state index is 10.6. The van der Waals surface area contributed by atoms with Gasteiger partial charge in [-0.2, -0.15) is 4.98 Å². The van der Waals surface area contributed by atoms with Crippen LogP contribution >= 0.6 is 0 Å². The van der Waals surface area contributed by atoms with Crippen LogP contribution in [-0.2, 0) is 6.54 Å². The van der Waals surface area contributed by atoms with E-state index in [4.69, 9.17) is 4.52 Å². The molecule has 0 unspecified atom stereocenters. The minimum Gasteiger partial charge on any atom is -0.366 e. The van der Waals surface area contributed by atoms with Gasteiger partial charge < -0.3 is 19.5 Å². The van der Waals surface area contributed by atoms with Gasteiger partial charge in [0.05, 0.1) is 12.2 Å². The summed E-state index contributed by atoms with van der Waals surface area (Å²) in [6.45, 7) is 5.82. The second-order valence-electron chi connectivity index (χ2n) is 5.13. The van der Waals surface area contributed by atoms with Crippen LogP contribution in [0.5, 0.6) is 0 Å². The van der Waals surface area contributed by atoms with Gasteiger partial charge in [-0.3, -0.25) is 4.90 Å². The monoisotopic (exact) mass is 304 g/mol. The number of nitrogens with zero attached hydrogens (tertiary/aromatic N) is 6. The molecule has 0 bridgehead atoms. The molecular formula is C13H16N6O3. The molecular weight excluding hydrogens is 288 g/mol. The number of aryl methyl sites for hydroxylation is 1. The second-order valence-corrected chi connectivity index (χ2v) is 5.13. The third-order valence-corrected chi connectivity index (χ3v) is 3.59. The highest BCUT2D eigenvalue weighted by Crippen LogP contribution is 2.18. The first-order valence-corrected chi connectivity index (χ1v) is 6.99. The van der Waals surface area contributed by atoms with Gasteiger partial charge in [-0.25, -0.2) is 0 Å². The van der Waals surface area contributed by atoms with Crippen molar-refractivity contribution in [1.82, 2.24) is 20.0 Å². The normalized spacial score (nSPS) is 16.0. The first-order valence-electron chi connectivity index (χ1n) is 6.99. The molecule has 3 rings (SSSR count). The first-order chi connectivity index (χ1) is 10.6. The van der Waals surface area contributed by atoms with E-state index in [0.29, 0.717) is 18.3 Å². The predicted molar refractivity (Wildman–Crippen MR) is 77.4 cm³/mol. The number of piperazine rings is 1. The SMILES string of the molecule is Cc1noc(CN2CCN(c3ccc([N+](=O)[O-])nc3)CC2)n1. The van der Waals surface area contributed by atoms with Crippen molar-refractivity contribution in [2.45, 2.75) is 13.5 Å². The summed E-state index contributed by atoms with van der Waals surface area (Å²) in [4.78, 5) is 22.6. The molecule has 1 saturated heterocycles. The Morgan fingerprint density at radius 2 is 2.09 bits per heavy atom. The fourth-order valence-corrected chi connectivity index (χ4v) is 2.43. The summed E-state index contributed by atoms with van der Waals surface area (Å²) in [7, 11) is 0. The van der Waals surface area contributed by atoms with Gasteiger partial charge in [0.15, 0.2) is 12.0 Å². The summed E-state index contributed by atoms with van der Waals surface area (Å²) in [5.74, 6) is 1.14. The summed E-state index contributed by atoms with van der Waals surface area (Å²) in [6.07, 6.45) is 1.55. The van der Waals surface area contributed by atoms with Crippen molar-refractivity contribution in [3.8, 4) is 0 Å². The third kappa shape index (κ3) is 3.19. The smallest absolute Gasteiger partial charge is 0.363 e. The highest BCUT2D eigenvalue weighted by Gasteiger charge is 2.20. The Morgan fingerprint density at radius 1 is 1.32 bits per heavy atom. The van der Waals surface area contributed by atoms with E-state index in [-0.39, 0.29) is 5.82 Å². The predicted octanol–water partition coefficient (Wildman–Crippen LogP) is 1.00. The number of anilines is 1. The van der Waals surface area contributed by atoms with E-state index in [0.717, 1.165) is 31.9 Å². The Labute approximate surface area is 126 Å².